The Kier molecular flexibility index (Phi) is 3.93. The fraction of sp³-hybridized carbons (Fsp3) is 0.375. The molecule has 1 aromatic rings. The number of likely N-dealkylation sites (N-methyl/N-ethyl adjacent to an activating group) is 2. The zero-order valence-corrected chi connectivity index (χ0v) is 12.6. The van der Waals surface area contributed by atoms with Gasteiger partial charge in [-0.1, -0.05) is 12.6 Å². The van der Waals surface area contributed by atoms with Gasteiger partial charge >= 0.3 is 0 Å². The van der Waals surface area contributed by atoms with Gasteiger partial charge in [-0.2, -0.15) is 0 Å². The third-order valence-electron chi connectivity index (χ3n) is 3.84. The van der Waals surface area contributed by atoms with Crippen molar-refractivity contribution >= 4 is 12.0 Å². The average molecular weight is 271 g/mol. The number of pyridine rings is 1. The highest BCUT2D eigenvalue weighted by atomic mass is 16.2. The molecule has 1 aromatic heterocycles. The third-order valence-corrected chi connectivity index (χ3v) is 3.84. The van der Waals surface area contributed by atoms with Gasteiger partial charge in [0.15, 0.2) is 0 Å². The van der Waals surface area contributed by atoms with E-state index in [4.69, 9.17) is 0 Å². The lowest BCUT2D eigenvalue weighted by atomic mass is 10.1. The molecular weight excluding hydrogens is 250 g/mol. The summed E-state index contributed by atoms with van der Waals surface area (Å²) in [4.78, 5) is 20.3. The lowest BCUT2D eigenvalue weighted by molar-refractivity contribution is -0.134. The van der Waals surface area contributed by atoms with E-state index >= 15 is 0 Å². The van der Waals surface area contributed by atoms with Gasteiger partial charge in [0.2, 0.25) is 5.91 Å². The van der Waals surface area contributed by atoms with Crippen molar-refractivity contribution in [2.75, 3.05) is 13.6 Å². The average Bonchev–Trinajstić information content (AvgIpc) is 2.44. The summed E-state index contributed by atoms with van der Waals surface area (Å²) in [5.74, 6) is 0.0899. The van der Waals surface area contributed by atoms with Crippen LogP contribution in [0.5, 0.6) is 0 Å². The van der Waals surface area contributed by atoms with Gasteiger partial charge in [0.05, 0.1) is 11.4 Å². The number of piperazine rings is 1. The minimum absolute atomic E-state index is 0.0899. The summed E-state index contributed by atoms with van der Waals surface area (Å²) in [5, 5.41) is 0. The van der Waals surface area contributed by atoms with Crippen LogP contribution in [-0.2, 0) is 4.79 Å². The lowest BCUT2D eigenvalue weighted by Crippen LogP contribution is -2.51. The Morgan fingerprint density at radius 1 is 1.50 bits per heavy atom. The van der Waals surface area contributed by atoms with E-state index in [2.05, 4.69) is 11.6 Å². The number of nitrogens with zero attached hydrogens (tertiary/aromatic N) is 3. The van der Waals surface area contributed by atoms with Crippen LogP contribution in [0.2, 0.25) is 0 Å². The summed E-state index contributed by atoms with van der Waals surface area (Å²) in [5.41, 5.74) is 3.67. The summed E-state index contributed by atoms with van der Waals surface area (Å²) < 4.78 is 0. The Bertz CT molecular complexity index is 577. The number of aryl methyl sites for hydroxylation is 1. The van der Waals surface area contributed by atoms with Crippen molar-refractivity contribution < 1.29 is 4.79 Å². The molecular formula is C16H21N3O. The number of hydrogen-bond acceptors (Lipinski definition) is 3. The molecule has 2 heterocycles. The van der Waals surface area contributed by atoms with E-state index in [1.54, 1.807) is 18.1 Å². The molecule has 106 valence electrons. The van der Waals surface area contributed by atoms with Crippen molar-refractivity contribution in [3.05, 3.63) is 47.6 Å². The Morgan fingerprint density at radius 3 is 2.80 bits per heavy atom. The van der Waals surface area contributed by atoms with Crippen LogP contribution in [0.1, 0.15) is 25.1 Å². The van der Waals surface area contributed by atoms with Crippen LogP contribution in [0.15, 0.2) is 36.3 Å². The monoisotopic (exact) mass is 271 g/mol. The molecule has 4 nitrogen and oxygen atoms in total. The van der Waals surface area contributed by atoms with E-state index < -0.39 is 0 Å². The molecule has 1 fully saturated rings. The Balaban J connectivity index is 2.46. The van der Waals surface area contributed by atoms with Gasteiger partial charge in [0.1, 0.15) is 6.04 Å². The zero-order valence-electron chi connectivity index (χ0n) is 12.6. The minimum atomic E-state index is -0.162. The number of amides is 1. The Morgan fingerprint density at radius 2 is 2.20 bits per heavy atom. The second-order valence-corrected chi connectivity index (χ2v) is 5.01. The molecule has 1 unspecified atom stereocenters. The molecule has 0 spiro atoms. The molecule has 4 heteroatoms. The van der Waals surface area contributed by atoms with E-state index in [0.717, 1.165) is 29.2 Å². The number of carbonyl (C=O) groups excluding carboxylic acids is 1. The van der Waals surface area contributed by atoms with Crippen LogP contribution in [0.3, 0.4) is 0 Å². The van der Waals surface area contributed by atoms with E-state index in [0.29, 0.717) is 0 Å². The topological polar surface area (TPSA) is 36.4 Å². The molecule has 2 rings (SSSR count). The smallest absolute Gasteiger partial charge is 0.249 e. The molecule has 1 amide bonds. The molecule has 20 heavy (non-hydrogen) atoms. The summed E-state index contributed by atoms with van der Waals surface area (Å²) in [6.07, 6.45) is 3.75. The van der Waals surface area contributed by atoms with Gasteiger partial charge in [-0.3, -0.25) is 9.78 Å². The van der Waals surface area contributed by atoms with Crippen molar-refractivity contribution in [3.8, 4) is 0 Å². The maximum absolute atomic E-state index is 12.3. The van der Waals surface area contributed by atoms with Gasteiger partial charge in [0.25, 0.3) is 0 Å². The summed E-state index contributed by atoms with van der Waals surface area (Å²) in [6.45, 7) is 10.8. The minimum Gasteiger partial charge on any atom is -0.359 e. The van der Waals surface area contributed by atoms with E-state index in [9.17, 15) is 4.79 Å². The summed E-state index contributed by atoms with van der Waals surface area (Å²) in [6, 6.07) is 3.73. The van der Waals surface area contributed by atoms with Gasteiger partial charge in [-0.25, -0.2) is 0 Å². The fourth-order valence-corrected chi connectivity index (χ4v) is 2.55. The molecule has 1 saturated heterocycles. The third kappa shape index (κ3) is 2.33. The number of rotatable bonds is 2. The van der Waals surface area contributed by atoms with E-state index in [-0.39, 0.29) is 11.9 Å². The van der Waals surface area contributed by atoms with Crippen LogP contribution in [0.25, 0.3) is 6.08 Å². The van der Waals surface area contributed by atoms with Gasteiger partial charge in [0, 0.05) is 25.5 Å². The highest BCUT2D eigenvalue weighted by Gasteiger charge is 2.33. The van der Waals surface area contributed by atoms with Gasteiger partial charge in [-0.05, 0) is 38.5 Å². The second-order valence-electron chi connectivity index (χ2n) is 5.01. The van der Waals surface area contributed by atoms with E-state index in [1.165, 1.54) is 0 Å². The van der Waals surface area contributed by atoms with Crippen molar-refractivity contribution in [3.63, 3.8) is 0 Å². The van der Waals surface area contributed by atoms with Crippen molar-refractivity contribution in [2.24, 2.45) is 0 Å². The van der Waals surface area contributed by atoms with E-state index in [1.807, 2.05) is 43.9 Å². The maximum atomic E-state index is 12.3. The molecule has 1 atom stereocenters. The SMILES string of the molecule is C=C1/C(=C/c2cccnc2C)N(C)C(=O)C(C)N1CC. The van der Waals surface area contributed by atoms with Gasteiger partial charge in [-0.15, -0.1) is 0 Å². The van der Waals surface area contributed by atoms with Crippen LogP contribution >= 0.6 is 0 Å². The van der Waals surface area contributed by atoms with Crippen LogP contribution in [-0.4, -0.2) is 40.3 Å². The van der Waals surface area contributed by atoms with Crippen molar-refractivity contribution in [1.29, 1.82) is 0 Å². The molecule has 1 aliphatic rings. The van der Waals surface area contributed by atoms with Gasteiger partial charge < -0.3 is 9.80 Å². The first kappa shape index (κ1) is 14.3. The zero-order chi connectivity index (χ0) is 14.9. The van der Waals surface area contributed by atoms with Crippen molar-refractivity contribution in [2.45, 2.75) is 26.8 Å². The second kappa shape index (κ2) is 5.49. The highest BCUT2D eigenvalue weighted by Crippen LogP contribution is 2.28. The Hall–Kier alpha value is -2.10. The summed E-state index contributed by atoms with van der Waals surface area (Å²) >= 11 is 0. The first-order valence-electron chi connectivity index (χ1n) is 6.84. The molecule has 0 aromatic carbocycles. The van der Waals surface area contributed by atoms with Crippen LogP contribution in [0.4, 0.5) is 0 Å². The molecule has 0 aliphatic carbocycles. The number of carbonyl (C=O) groups is 1. The molecule has 1 aliphatic heterocycles. The number of aromatic nitrogens is 1. The Labute approximate surface area is 120 Å². The molecule has 0 radical (unpaired) electrons. The normalized spacial score (nSPS) is 21.8. The van der Waals surface area contributed by atoms with Crippen molar-refractivity contribution in [1.82, 2.24) is 14.8 Å². The number of hydrogen-bond donors (Lipinski definition) is 0. The lowest BCUT2D eigenvalue weighted by Gasteiger charge is -2.41. The van der Waals surface area contributed by atoms with Crippen LogP contribution in [0, 0.1) is 6.92 Å². The predicted octanol–water partition coefficient (Wildman–Crippen LogP) is 2.43. The molecule has 0 saturated carbocycles. The maximum Gasteiger partial charge on any atom is 0.249 e. The quantitative estimate of drug-likeness (QED) is 0.829. The van der Waals surface area contributed by atoms with Crippen LogP contribution < -0.4 is 0 Å². The predicted molar refractivity (Wildman–Crippen MR) is 80.7 cm³/mol. The highest BCUT2D eigenvalue weighted by molar-refractivity contribution is 5.87. The first-order valence-corrected chi connectivity index (χ1v) is 6.84. The fourth-order valence-electron chi connectivity index (χ4n) is 2.55. The molecule has 0 N–H and O–H groups in total. The largest absolute Gasteiger partial charge is 0.359 e. The standard InChI is InChI=1S/C16H21N3O/c1-6-19-12(3)15(18(5)16(20)13(19)4)10-14-8-7-9-17-11(14)2/h7-10,13H,3,6H2,1-2,4-5H3/b15-10-. The first-order chi connectivity index (χ1) is 9.47. The summed E-state index contributed by atoms with van der Waals surface area (Å²) in [7, 11) is 1.80. The molecule has 0 bridgehead atoms.